The monoisotopic (exact) mass is 483 g/mol. The van der Waals surface area contributed by atoms with E-state index in [0.717, 1.165) is 53.7 Å². The summed E-state index contributed by atoms with van der Waals surface area (Å²) in [5.74, 6) is 1.56. The van der Waals surface area contributed by atoms with Crippen molar-refractivity contribution in [3.63, 3.8) is 0 Å². The molecule has 4 rings (SSSR count). The predicted molar refractivity (Wildman–Crippen MR) is 138 cm³/mol. The Hall–Kier alpha value is -2.75. The molecule has 2 atom stereocenters. The Balaban J connectivity index is 1.56. The molecule has 0 spiro atoms. The number of aromatic nitrogens is 3. The summed E-state index contributed by atoms with van der Waals surface area (Å²) in [5, 5.41) is 7.99. The molecule has 1 aliphatic rings. The van der Waals surface area contributed by atoms with E-state index in [9.17, 15) is 4.21 Å². The first-order valence-electron chi connectivity index (χ1n) is 11.6. The molecule has 1 saturated heterocycles. The summed E-state index contributed by atoms with van der Waals surface area (Å²) in [7, 11) is 0.360. The lowest BCUT2D eigenvalue weighted by molar-refractivity contribution is 0.367. The molecule has 1 fully saturated rings. The standard InChI is InChI=1S/C25H35N6O2S/c1-17(2)23-16-31(14-13-26-23)24-15-21(11-12-27-24)20-7-9-22(10-8-20)34(32,33-6)29-25-18(3)28-30(5)19(25)4/h7-12,15,17,23,26H,13-14,16H2,1-6H3,(H,29,32)/q+1. The van der Waals surface area contributed by atoms with Crippen LogP contribution in [0.3, 0.4) is 0 Å². The number of hydrogen-bond acceptors (Lipinski definition) is 6. The summed E-state index contributed by atoms with van der Waals surface area (Å²) in [6.45, 7) is 11.2. The molecule has 2 unspecified atom stereocenters. The van der Waals surface area contributed by atoms with Gasteiger partial charge in [-0.25, -0.2) is 4.98 Å². The summed E-state index contributed by atoms with van der Waals surface area (Å²) in [6.07, 6.45) is 1.86. The maximum absolute atomic E-state index is 13.6. The van der Waals surface area contributed by atoms with E-state index in [1.165, 1.54) is 7.11 Å². The Morgan fingerprint density at radius 1 is 1.18 bits per heavy atom. The molecule has 9 heteroatoms. The van der Waals surface area contributed by atoms with E-state index in [4.69, 9.17) is 4.18 Å². The SMILES string of the molecule is CO[S+](=O)(Nc1c(C)nn(C)c1C)c1ccc(-c2ccnc(N3CCNC(C(C)C)C3)c2)cc1. The molecule has 1 aliphatic heterocycles. The summed E-state index contributed by atoms with van der Waals surface area (Å²) < 4.78 is 24.0. The van der Waals surface area contributed by atoms with Crippen molar-refractivity contribution in [3.05, 3.63) is 54.0 Å². The number of rotatable bonds is 7. The van der Waals surface area contributed by atoms with E-state index < -0.39 is 10.4 Å². The van der Waals surface area contributed by atoms with Crippen molar-refractivity contribution in [2.75, 3.05) is 36.4 Å². The number of piperazine rings is 1. The highest BCUT2D eigenvalue weighted by atomic mass is 32.3. The van der Waals surface area contributed by atoms with Crippen LogP contribution in [0.5, 0.6) is 0 Å². The Labute approximate surface area is 203 Å². The second-order valence-corrected chi connectivity index (χ2v) is 11.1. The number of pyridine rings is 1. The van der Waals surface area contributed by atoms with Crippen molar-refractivity contribution in [1.29, 1.82) is 0 Å². The van der Waals surface area contributed by atoms with Crippen LogP contribution in [0.25, 0.3) is 11.1 Å². The summed E-state index contributed by atoms with van der Waals surface area (Å²) in [5.41, 5.74) is 4.52. The topological polar surface area (TPSA) is 84.3 Å². The van der Waals surface area contributed by atoms with E-state index in [1.807, 2.05) is 57.4 Å². The van der Waals surface area contributed by atoms with Crippen molar-refractivity contribution in [1.82, 2.24) is 20.1 Å². The maximum atomic E-state index is 13.6. The van der Waals surface area contributed by atoms with E-state index >= 15 is 0 Å². The molecule has 0 aliphatic carbocycles. The lowest BCUT2D eigenvalue weighted by Gasteiger charge is -2.36. The zero-order valence-corrected chi connectivity index (χ0v) is 21.6. The lowest BCUT2D eigenvalue weighted by atomic mass is 10.0. The first-order chi connectivity index (χ1) is 16.2. The van der Waals surface area contributed by atoms with Crippen LogP contribution in [-0.2, 0) is 25.8 Å². The van der Waals surface area contributed by atoms with Gasteiger partial charge in [-0.1, -0.05) is 13.8 Å². The zero-order chi connectivity index (χ0) is 24.5. The first kappa shape index (κ1) is 24.4. The summed E-state index contributed by atoms with van der Waals surface area (Å²) in [6, 6.07) is 12.3. The van der Waals surface area contributed by atoms with Crippen LogP contribution < -0.4 is 14.9 Å². The Bertz CT molecular complexity index is 1190. The number of aryl methyl sites for hydroxylation is 2. The zero-order valence-electron chi connectivity index (χ0n) is 20.8. The van der Waals surface area contributed by atoms with Crippen LogP contribution in [0, 0.1) is 19.8 Å². The molecule has 0 amide bonds. The van der Waals surface area contributed by atoms with E-state index in [1.54, 1.807) is 4.68 Å². The third-order valence-electron chi connectivity index (χ3n) is 6.56. The van der Waals surface area contributed by atoms with Gasteiger partial charge in [0.2, 0.25) is 4.90 Å². The van der Waals surface area contributed by atoms with E-state index in [-0.39, 0.29) is 0 Å². The number of anilines is 2. The van der Waals surface area contributed by atoms with E-state index in [2.05, 4.69) is 44.9 Å². The highest BCUT2D eigenvalue weighted by Gasteiger charge is 2.35. The fourth-order valence-electron chi connectivity index (χ4n) is 4.28. The molecule has 34 heavy (non-hydrogen) atoms. The highest BCUT2D eigenvalue weighted by Crippen LogP contribution is 2.30. The minimum atomic E-state index is -2.96. The maximum Gasteiger partial charge on any atom is 0.348 e. The summed E-state index contributed by atoms with van der Waals surface area (Å²) in [4.78, 5) is 7.56. The number of nitrogens with one attached hydrogen (secondary N) is 2. The molecule has 3 heterocycles. The fourth-order valence-corrected chi connectivity index (χ4v) is 5.73. The van der Waals surface area contributed by atoms with Gasteiger partial charge in [-0.3, -0.25) is 4.68 Å². The molecule has 8 nitrogen and oxygen atoms in total. The van der Waals surface area contributed by atoms with Gasteiger partial charge in [0.15, 0.2) is 0 Å². The molecule has 0 bridgehead atoms. The van der Waals surface area contributed by atoms with Crippen molar-refractivity contribution in [3.8, 4) is 11.1 Å². The Kier molecular flexibility index (Phi) is 7.06. The number of nitrogens with zero attached hydrogens (tertiary/aromatic N) is 4. The fraction of sp³-hybridized carbons (Fsp3) is 0.440. The molecular formula is C25H35N6O2S+. The number of hydrogen-bond donors (Lipinski definition) is 2. The van der Waals surface area contributed by atoms with Crippen LogP contribution in [0.15, 0.2) is 47.5 Å². The van der Waals surface area contributed by atoms with Gasteiger partial charge in [0, 0.05) is 38.9 Å². The molecule has 2 N–H and O–H groups in total. The average molecular weight is 484 g/mol. The molecule has 182 valence electrons. The summed E-state index contributed by atoms with van der Waals surface area (Å²) >= 11 is 0. The largest absolute Gasteiger partial charge is 0.354 e. The van der Waals surface area contributed by atoms with Crippen LogP contribution in [0.1, 0.15) is 25.2 Å². The van der Waals surface area contributed by atoms with Crippen molar-refractivity contribution in [2.45, 2.75) is 38.6 Å². The van der Waals surface area contributed by atoms with Gasteiger partial charge in [-0.05, 0) is 71.5 Å². The van der Waals surface area contributed by atoms with Crippen molar-refractivity contribution >= 4 is 21.9 Å². The Morgan fingerprint density at radius 2 is 1.91 bits per heavy atom. The molecular weight excluding hydrogens is 448 g/mol. The molecule has 3 aromatic rings. The molecule has 1 aromatic carbocycles. The minimum Gasteiger partial charge on any atom is -0.354 e. The van der Waals surface area contributed by atoms with Gasteiger partial charge >= 0.3 is 10.4 Å². The highest BCUT2D eigenvalue weighted by molar-refractivity contribution is 7.99. The second-order valence-electron chi connectivity index (χ2n) is 9.12. The third kappa shape index (κ3) is 4.87. The predicted octanol–water partition coefficient (Wildman–Crippen LogP) is 3.98. The van der Waals surface area contributed by atoms with Gasteiger partial charge in [-0.2, -0.15) is 9.82 Å². The Morgan fingerprint density at radius 3 is 2.53 bits per heavy atom. The van der Waals surface area contributed by atoms with Crippen molar-refractivity contribution < 1.29 is 8.39 Å². The van der Waals surface area contributed by atoms with E-state index in [0.29, 0.717) is 16.9 Å². The van der Waals surface area contributed by atoms with Gasteiger partial charge in [-0.15, -0.1) is 4.18 Å². The lowest BCUT2D eigenvalue weighted by Crippen LogP contribution is -2.53. The van der Waals surface area contributed by atoms with Crippen LogP contribution in [0.2, 0.25) is 0 Å². The average Bonchev–Trinajstić information content (AvgIpc) is 3.09. The number of benzene rings is 1. The van der Waals surface area contributed by atoms with Gasteiger partial charge < -0.3 is 10.2 Å². The normalized spacial score (nSPS) is 18.2. The molecule has 0 radical (unpaired) electrons. The smallest absolute Gasteiger partial charge is 0.348 e. The molecule has 2 aromatic heterocycles. The molecule has 0 saturated carbocycles. The van der Waals surface area contributed by atoms with Gasteiger partial charge in [0.1, 0.15) is 11.5 Å². The first-order valence-corrected chi connectivity index (χ1v) is 13.1. The van der Waals surface area contributed by atoms with Crippen LogP contribution >= 0.6 is 0 Å². The van der Waals surface area contributed by atoms with Crippen molar-refractivity contribution in [2.24, 2.45) is 13.0 Å². The quantitative estimate of drug-likeness (QED) is 0.495. The van der Waals surface area contributed by atoms with Gasteiger partial charge in [0.05, 0.1) is 18.5 Å². The van der Waals surface area contributed by atoms with Crippen LogP contribution in [-0.4, -0.2) is 47.6 Å². The van der Waals surface area contributed by atoms with Gasteiger partial charge in [0.25, 0.3) is 0 Å². The van der Waals surface area contributed by atoms with Crippen LogP contribution in [0.4, 0.5) is 11.5 Å². The third-order valence-corrected chi connectivity index (χ3v) is 8.39. The minimum absolute atomic E-state index is 0.459. The second kappa shape index (κ2) is 9.85.